The van der Waals surface area contributed by atoms with Crippen molar-refractivity contribution >= 4 is 17.6 Å². The highest BCUT2D eigenvalue weighted by molar-refractivity contribution is 5.89. The number of carbonyl (C=O) groups is 2. The summed E-state index contributed by atoms with van der Waals surface area (Å²) in [6, 6.07) is 0.839. The van der Waals surface area contributed by atoms with Crippen LogP contribution in [0.2, 0.25) is 0 Å². The maximum atomic E-state index is 12.3. The Balaban J connectivity index is 2.33. The number of ether oxygens (including phenoxy) is 2. The van der Waals surface area contributed by atoms with Crippen LogP contribution in [-0.4, -0.2) is 59.2 Å². The molecule has 2 heterocycles. The number of carbonyl (C=O) groups excluding carboxylic acids is 2. The Hall–Kier alpha value is -2.75. The van der Waals surface area contributed by atoms with Crippen LogP contribution >= 0.6 is 0 Å². The van der Waals surface area contributed by atoms with Crippen molar-refractivity contribution in [2.24, 2.45) is 0 Å². The zero-order valence-corrected chi connectivity index (χ0v) is 13.3. The lowest BCUT2D eigenvalue weighted by molar-refractivity contribution is -0.386. The van der Waals surface area contributed by atoms with Crippen molar-refractivity contribution in [2.45, 2.75) is 19.6 Å². The number of amides is 1. The second-order valence-corrected chi connectivity index (χ2v) is 5.32. The number of aromatic nitrogens is 1. The zero-order valence-electron chi connectivity index (χ0n) is 13.3. The molecular weight excluding hydrogens is 322 g/mol. The van der Waals surface area contributed by atoms with Crippen molar-refractivity contribution in [3.05, 3.63) is 38.3 Å². The topological polar surface area (TPSA) is 121 Å². The van der Waals surface area contributed by atoms with Crippen LogP contribution in [0.1, 0.15) is 17.3 Å². The average Bonchev–Trinajstić information content (AvgIpc) is 2.55. The summed E-state index contributed by atoms with van der Waals surface area (Å²) in [4.78, 5) is 47.7. The van der Waals surface area contributed by atoms with Gasteiger partial charge < -0.3 is 14.4 Å². The molecule has 0 saturated carbocycles. The van der Waals surface area contributed by atoms with Crippen molar-refractivity contribution in [2.75, 3.05) is 26.8 Å². The maximum Gasteiger partial charge on any atom is 0.339 e. The number of morpholine rings is 1. The third-order valence-electron chi connectivity index (χ3n) is 3.58. The fraction of sp³-hybridized carbons (Fsp3) is 0.500. The number of hydrogen-bond acceptors (Lipinski definition) is 7. The van der Waals surface area contributed by atoms with E-state index in [-0.39, 0.29) is 17.6 Å². The first-order valence-electron chi connectivity index (χ1n) is 7.20. The molecule has 1 aromatic heterocycles. The number of hydrogen-bond donors (Lipinski definition) is 0. The Kier molecular flexibility index (Phi) is 5.29. The fourth-order valence-electron chi connectivity index (χ4n) is 2.39. The van der Waals surface area contributed by atoms with Gasteiger partial charge in [-0.15, -0.1) is 0 Å². The van der Waals surface area contributed by atoms with E-state index in [9.17, 15) is 24.5 Å². The van der Waals surface area contributed by atoms with Gasteiger partial charge >= 0.3 is 17.2 Å². The second kappa shape index (κ2) is 7.21. The minimum Gasteiger partial charge on any atom is -0.465 e. The third kappa shape index (κ3) is 3.77. The Labute approximate surface area is 136 Å². The highest BCUT2D eigenvalue weighted by atomic mass is 16.6. The summed E-state index contributed by atoms with van der Waals surface area (Å²) in [5.74, 6) is -1.22. The first kappa shape index (κ1) is 17.6. The molecule has 1 unspecified atom stereocenters. The molecule has 1 fully saturated rings. The van der Waals surface area contributed by atoms with Gasteiger partial charge in [-0.25, -0.2) is 4.79 Å². The van der Waals surface area contributed by atoms with Crippen LogP contribution in [0.5, 0.6) is 0 Å². The van der Waals surface area contributed by atoms with Gasteiger partial charge in [0.1, 0.15) is 6.54 Å². The van der Waals surface area contributed by atoms with Crippen molar-refractivity contribution in [1.82, 2.24) is 9.47 Å². The minimum absolute atomic E-state index is 0.129. The van der Waals surface area contributed by atoms with E-state index in [0.29, 0.717) is 19.7 Å². The molecule has 10 nitrogen and oxygen atoms in total. The van der Waals surface area contributed by atoms with Gasteiger partial charge in [0.05, 0.1) is 30.3 Å². The predicted octanol–water partition coefficient (Wildman–Crippen LogP) is -0.210. The summed E-state index contributed by atoms with van der Waals surface area (Å²) >= 11 is 0. The lowest BCUT2D eigenvalue weighted by atomic mass is 10.2. The maximum absolute atomic E-state index is 12.3. The van der Waals surface area contributed by atoms with Crippen LogP contribution in [0.15, 0.2) is 17.1 Å². The summed E-state index contributed by atoms with van der Waals surface area (Å²) < 4.78 is 10.7. The highest BCUT2D eigenvalue weighted by Crippen LogP contribution is 2.11. The molecule has 1 aliphatic rings. The normalized spacial score (nSPS) is 17.4. The minimum atomic E-state index is -0.956. The van der Waals surface area contributed by atoms with Gasteiger partial charge in [-0.3, -0.25) is 24.3 Å². The van der Waals surface area contributed by atoms with Crippen LogP contribution in [0, 0.1) is 10.1 Å². The van der Waals surface area contributed by atoms with E-state index in [2.05, 4.69) is 4.74 Å². The van der Waals surface area contributed by atoms with Gasteiger partial charge in [-0.1, -0.05) is 0 Å². The molecule has 1 amide bonds. The largest absolute Gasteiger partial charge is 0.465 e. The molecule has 24 heavy (non-hydrogen) atoms. The van der Waals surface area contributed by atoms with E-state index in [0.717, 1.165) is 23.9 Å². The van der Waals surface area contributed by atoms with Gasteiger partial charge in [0, 0.05) is 25.4 Å². The molecule has 0 aromatic carbocycles. The summed E-state index contributed by atoms with van der Waals surface area (Å²) in [5.41, 5.74) is -1.92. The molecule has 0 bridgehead atoms. The smallest absolute Gasteiger partial charge is 0.339 e. The van der Waals surface area contributed by atoms with Crippen molar-refractivity contribution in [1.29, 1.82) is 0 Å². The molecule has 0 radical (unpaired) electrons. The summed E-state index contributed by atoms with van der Waals surface area (Å²) in [6.45, 7) is 2.53. The van der Waals surface area contributed by atoms with E-state index in [1.54, 1.807) is 0 Å². The van der Waals surface area contributed by atoms with Crippen molar-refractivity contribution in [3.63, 3.8) is 0 Å². The number of esters is 1. The molecule has 0 N–H and O–H groups in total. The Morgan fingerprint density at radius 3 is 2.79 bits per heavy atom. The van der Waals surface area contributed by atoms with E-state index in [1.165, 1.54) is 4.90 Å². The predicted molar refractivity (Wildman–Crippen MR) is 80.7 cm³/mol. The molecule has 10 heteroatoms. The molecule has 1 aromatic rings. The van der Waals surface area contributed by atoms with E-state index in [1.807, 2.05) is 6.92 Å². The Morgan fingerprint density at radius 2 is 2.21 bits per heavy atom. The molecule has 1 aliphatic heterocycles. The standard InChI is InChI=1S/C14H17N3O7/c1-9-6-15(3-4-24-9)12(18)8-16-7-10(14(20)23-2)5-11(13(16)19)17(21)22/h5,7,9H,3-4,6,8H2,1-2H3. The molecule has 0 spiro atoms. The molecule has 1 atom stereocenters. The summed E-state index contributed by atoms with van der Waals surface area (Å²) in [6.07, 6.45) is 0.957. The van der Waals surface area contributed by atoms with Gasteiger partial charge in [0.15, 0.2) is 0 Å². The summed E-state index contributed by atoms with van der Waals surface area (Å²) in [5, 5.41) is 11.0. The number of nitro groups is 1. The average molecular weight is 339 g/mol. The lowest BCUT2D eigenvalue weighted by Crippen LogP contribution is -2.46. The van der Waals surface area contributed by atoms with Crippen LogP contribution in [0.4, 0.5) is 5.69 Å². The first-order chi connectivity index (χ1) is 11.3. The third-order valence-corrected chi connectivity index (χ3v) is 3.58. The fourth-order valence-corrected chi connectivity index (χ4v) is 2.39. The number of nitrogens with zero attached hydrogens (tertiary/aromatic N) is 3. The molecule has 0 aliphatic carbocycles. The van der Waals surface area contributed by atoms with Gasteiger partial charge in [-0.05, 0) is 6.92 Å². The molecule has 2 rings (SSSR count). The Bertz CT molecular complexity index is 728. The quantitative estimate of drug-likeness (QED) is 0.423. The summed E-state index contributed by atoms with van der Waals surface area (Å²) in [7, 11) is 1.11. The lowest BCUT2D eigenvalue weighted by Gasteiger charge is -2.31. The second-order valence-electron chi connectivity index (χ2n) is 5.32. The van der Waals surface area contributed by atoms with Crippen LogP contribution < -0.4 is 5.56 Å². The molecule has 130 valence electrons. The zero-order chi connectivity index (χ0) is 17.9. The van der Waals surface area contributed by atoms with Crippen LogP contribution in [0.3, 0.4) is 0 Å². The van der Waals surface area contributed by atoms with E-state index in [4.69, 9.17) is 4.74 Å². The van der Waals surface area contributed by atoms with Crippen LogP contribution in [0.25, 0.3) is 0 Å². The van der Waals surface area contributed by atoms with Crippen LogP contribution in [-0.2, 0) is 20.8 Å². The number of rotatable bonds is 4. The van der Waals surface area contributed by atoms with Gasteiger partial charge in [0.25, 0.3) is 0 Å². The van der Waals surface area contributed by atoms with Gasteiger partial charge in [0.2, 0.25) is 5.91 Å². The highest BCUT2D eigenvalue weighted by Gasteiger charge is 2.25. The molecule has 1 saturated heterocycles. The van der Waals surface area contributed by atoms with Crippen molar-refractivity contribution in [3.8, 4) is 0 Å². The van der Waals surface area contributed by atoms with Crippen molar-refractivity contribution < 1.29 is 24.0 Å². The van der Waals surface area contributed by atoms with E-state index < -0.39 is 28.7 Å². The first-order valence-corrected chi connectivity index (χ1v) is 7.20. The van der Waals surface area contributed by atoms with Gasteiger partial charge in [-0.2, -0.15) is 0 Å². The molecular formula is C14H17N3O7. The number of pyridine rings is 1. The number of methoxy groups -OCH3 is 1. The SMILES string of the molecule is COC(=O)c1cc([N+](=O)[O-])c(=O)n(CC(=O)N2CCOC(C)C2)c1. The monoisotopic (exact) mass is 339 g/mol. The Morgan fingerprint density at radius 1 is 1.50 bits per heavy atom. The van der Waals surface area contributed by atoms with E-state index >= 15 is 0 Å².